The van der Waals surface area contributed by atoms with Gasteiger partial charge in [0.1, 0.15) is 11.5 Å². The van der Waals surface area contributed by atoms with Crippen LogP contribution in [0.3, 0.4) is 0 Å². The Bertz CT molecular complexity index is 1120. The van der Waals surface area contributed by atoms with E-state index in [1.165, 1.54) is 4.90 Å². The number of para-hydroxylation sites is 1. The number of nitrogens with zero attached hydrogens (tertiary/aromatic N) is 3. The van der Waals surface area contributed by atoms with E-state index in [1.54, 1.807) is 6.07 Å². The summed E-state index contributed by atoms with van der Waals surface area (Å²) in [6, 6.07) is 11.5. The smallest absolute Gasteiger partial charge is 0.412 e. The van der Waals surface area contributed by atoms with Gasteiger partial charge in [-0.15, -0.1) is 0 Å². The van der Waals surface area contributed by atoms with Gasteiger partial charge in [-0.1, -0.05) is 23.7 Å². The van der Waals surface area contributed by atoms with Crippen molar-refractivity contribution in [3.8, 4) is 22.6 Å². The minimum absolute atomic E-state index is 0.0911. The Morgan fingerprint density at radius 3 is 2.73 bits per heavy atom. The van der Waals surface area contributed by atoms with Gasteiger partial charge in [0.25, 0.3) is 0 Å². The fourth-order valence-electron chi connectivity index (χ4n) is 4.09. The first-order chi connectivity index (χ1) is 14.5. The zero-order valence-corrected chi connectivity index (χ0v) is 17.3. The number of hydrogen-bond donors (Lipinski definition) is 1. The SMILES string of the molecule is C[C@H]1CCc2c(ccc(-c3cnn(C4CC4)c3)c2Oc2ccccc2Cl)N1C(=O)O. The molecule has 3 aromatic rings. The first kappa shape index (κ1) is 19.0. The Hall–Kier alpha value is -2.99. The van der Waals surface area contributed by atoms with Gasteiger partial charge in [-0.3, -0.25) is 9.58 Å². The molecule has 2 heterocycles. The lowest BCUT2D eigenvalue weighted by Gasteiger charge is -2.34. The lowest BCUT2D eigenvalue weighted by molar-refractivity contribution is 0.198. The third kappa shape index (κ3) is 3.31. The molecule has 1 aromatic heterocycles. The van der Waals surface area contributed by atoms with Crippen LogP contribution in [0.4, 0.5) is 10.5 Å². The van der Waals surface area contributed by atoms with Gasteiger partial charge in [-0.2, -0.15) is 5.10 Å². The number of benzene rings is 2. The highest BCUT2D eigenvalue weighted by Gasteiger charge is 2.32. The molecule has 30 heavy (non-hydrogen) atoms. The van der Waals surface area contributed by atoms with E-state index in [2.05, 4.69) is 5.10 Å². The second-order valence-electron chi connectivity index (χ2n) is 7.95. The number of fused-ring (bicyclic) bond motifs is 1. The van der Waals surface area contributed by atoms with E-state index in [-0.39, 0.29) is 6.04 Å². The number of carboxylic acid groups (broad SMARTS) is 1. The molecule has 0 radical (unpaired) electrons. The maximum absolute atomic E-state index is 11.9. The van der Waals surface area contributed by atoms with Crippen molar-refractivity contribution in [2.24, 2.45) is 0 Å². The summed E-state index contributed by atoms with van der Waals surface area (Å²) >= 11 is 6.37. The zero-order valence-electron chi connectivity index (χ0n) is 16.6. The van der Waals surface area contributed by atoms with Crippen molar-refractivity contribution in [2.75, 3.05) is 4.90 Å². The van der Waals surface area contributed by atoms with Gasteiger partial charge in [-0.25, -0.2) is 4.79 Å². The average Bonchev–Trinajstić information content (AvgIpc) is 3.46. The van der Waals surface area contributed by atoms with Crippen LogP contribution in [-0.4, -0.2) is 27.0 Å². The molecule has 1 amide bonds. The van der Waals surface area contributed by atoms with Crippen molar-refractivity contribution >= 4 is 23.4 Å². The maximum atomic E-state index is 11.9. The topological polar surface area (TPSA) is 67.6 Å². The molecule has 2 aliphatic rings. The average molecular weight is 424 g/mol. The lowest BCUT2D eigenvalue weighted by atomic mass is 9.92. The molecule has 0 unspecified atom stereocenters. The Balaban J connectivity index is 1.66. The Morgan fingerprint density at radius 2 is 2.00 bits per heavy atom. The largest absolute Gasteiger partial charge is 0.465 e. The van der Waals surface area contributed by atoms with E-state index in [4.69, 9.17) is 16.3 Å². The molecule has 2 aromatic carbocycles. The number of halogens is 1. The summed E-state index contributed by atoms with van der Waals surface area (Å²) in [5.41, 5.74) is 3.39. The Kier molecular flexibility index (Phi) is 4.66. The maximum Gasteiger partial charge on any atom is 0.412 e. The van der Waals surface area contributed by atoms with Crippen molar-refractivity contribution < 1.29 is 14.6 Å². The van der Waals surface area contributed by atoms with Crippen LogP contribution in [0.5, 0.6) is 11.5 Å². The van der Waals surface area contributed by atoms with Crippen LogP contribution in [0.15, 0.2) is 48.8 Å². The van der Waals surface area contributed by atoms with Crippen molar-refractivity contribution in [1.82, 2.24) is 9.78 Å². The summed E-state index contributed by atoms with van der Waals surface area (Å²) in [6.07, 6.45) is 6.69. The van der Waals surface area contributed by atoms with Gasteiger partial charge >= 0.3 is 6.09 Å². The van der Waals surface area contributed by atoms with Crippen LogP contribution < -0.4 is 9.64 Å². The van der Waals surface area contributed by atoms with E-state index in [0.717, 1.165) is 42.4 Å². The molecule has 1 atom stereocenters. The van der Waals surface area contributed by atoms with E-state index < -0.39 is 6.09 Å². The minimum Gasteiger partial charge on any atom is -0.465 e. The molecule has 1 aliphatic heterocycles. The van der Waals surface area contributed by atoms with Crippen molar-refractivity contribution in [3.05, 3.63) is 59.4 Å². The number of hydrogen-bond acceptors (Lipinski definition) is 3. The monoisotopic (exact) mass is 423 g/mol. The van der Waals surface area contributed by atoms with Crippen LogP contribution in [0.2, 0.25) is 5.02 Å². The first-order valence-electron chi connectivity index (χ1n) is 10.2. The van der Waals surface area contributed by atoms with Gasteiger partial charge in [0.2, 0.25) is 0 Å². The number of aromatic nitrogens is 2. The molecular formula is C23H22ClN3O3. The zero-order chi connectivity index (χ0) is 20.8. The van der Waals surface area contributed by atoms with Crippen molar-refractivity contribution in [2.45, 2.75) is 44.7 Å². The second-order valence-corrected chi connectivity index (χ2v) is 8.36. The highest BCUT2D eigenvalue weighted by molar-refractivity contribution is 6.32. The molecule has 154 valence electrons. The number of amides is 1. The highest BCUT2D eigenvalue weighted by atomic mass is 35.5. The third-order valence-electron chi connectivity index (χ3n) is 5.84. The number of anilines is 1. The van der Waals surface area contributed by atoms with E-state index >= 15 is 0 Å². The van der Waals surface area contributed by atoms with E-state index in [0.29, 0.717) is 28.3 Å². The molecule has 1 aliphatic carbocycles. The van der Waals surface area contributed by atoms with Crippen LogP contribution in [0.25, 0.3) is 11.1 Å². The molecule has 0 spiro atoms. The minimum atomic E-state index is -0.957. The van der Waals surface area contributed by atoms with Crippen LogP contribution in [0, 0.1) is 0 Å². The molecule has 1 N–H and O–H groups in total. The quantitative estimate of drug-likeness (QED) is 0.546. The standard InChI is InChI=1S/C23H22ClN3O3/c1-14-6-9-18-20(27(14)23(28)29)11-10-17(15-12-25-26(13-15)16-7-8-16)22(18)30-21-5-3-2-4-19(21)24/h2-5,10-14,16H,6-9H2,1H3,(H,28,29)/t14-/m0/s1. The number of carbonyl (C=O) groups is 1. The number of rotatable bonds is 4. The van der Waals surface area contributed by atoms with Crippen LogP contribution in [0.1, 0.15) is 37.8 Å². The number of ether oxygens (including phenoxy) is 1. The summed E-state index contributed by atoms with van der Waals surface area (Å²) in [4.78, 5) is 13.4. The molecule has 7 heteroatoms. The summed E-state index contributed by atoms with van der Waals surface area (Å²) in [5, 5.41) is 14.8. The van der Waals surface area contributed by atoms with E-state index in [1.807, 2.05) is 54.3 Å². The molecule has 1 saturated carbocycles. The van der Waals surface area contributed by atoms with Gasteiger partial charge < -0.3 is 9.84 Å². The molecular weight excluding hydrogens is 402 g/mol. The predicted octanol–water partition coefficient (Wildman–Crippen LogP) is 6.15. The predicted molar refractivity (Wildman–Crippen MR) is 116 cm³/mol. The molecule has 1 fully saturated rings. The first-order valence-corrected chi connectivity index (χ1v) is 10.6. The Morgan fingerprint density at radius 1 is 1.20 bits per heavy atom. The van der Waals surface area contributed by atoms with Gasteiger partial charge in [0.05, 0.1) is 22.9 Å². The highest BCUT2D eigenvalue weighted by Crippen LogP contribution is 2.46. The summed E-state index contributed by atoms with van der Waals surface area (Å²) in [6.45, 7) is 1.93. The van der Waals surface area contributed by atoms with Crippen LogP contribution in [-0.2, 0) is 6.42 Å². The fourth-order valence-corrected chi connectivity index (χ4v) is 4.27. The van der Waals surface area contributed by atoms with Crippen molar-refractivity contribution in [3.63, 3.8) is 0 Å². The van der Waals surface area contributed by atoms with Gasteiger partial charge in [0, 0.05) is 28.9 Å². The second kappa shape index (κ2) is 7.36. The Labute approximate surface area is 179 Å². The van der Waals surface area contributed by atoms with Crippen LogP contribution >= 0.6 is 11.6 Å². The third-order valence-corrected chi connectivity index (χ3v) is 6.15. The summed E-state index contributed by atoms with van der Waals surface area (Å²) < 4.78 is 8.35. The van der Waals surface area contributed by atoms with Gasteiger partial charge in [-0.05, 0) is 56.9 Å². The molecule has 6 nitrogen and oxygen atoms in total. The molecule has 0 bridgehead atoms. The van der Waals surface area contributed by atoms with E-state index in [9.17, 15) is 9.90 Å². The molecule has 0 saturated heterocycles. The summed E-state index contributed by atoms with van der Waals surface area (Å²) in [5.74, 6) is 1.19. The van der Waals surface area contributed by atoms with Gasteiger partial charge in [0.15, 0.2) is 0 Å². The summed E-state index contributed by atoms with van der Waals surface area (Å²) in [7, 11) is 0. The normalized spacial score (nSPS) is 18.2. The lowest BCUT2D eigenvalue weighted by Crippen LogP contribution is -2.41. The van der Waals surface area contributed by atoms with Crippen molar-refractivity contribution in [1.29, 1.82) is 0 Å². The molecule has 5 rings (SSSR count). The fraction of sp³-hybridized carbons (Fsp3) is 0.304.